The first kappa shape index (κ1) is 12.9. The van der Waals surface area contributed by atoms with Crippen molar-refractivity contribution in [3.05, 3.63) is 0 Å². The summed E-state index contributed by atoms with van der Waals surface area (Å²) in [5.41, 5.74) is 5.78. The molecule has 3 unspecified atom stereocenters. The molecule has 15 heavy (non-hydrogen) atoms. The normalized spacial score (nSPS) is 28.6. The minimum absolute atomic E-state index is 0.384. The van der Waals surface area contributed by atoms with Gasteiger partial charge in [-0.1, -0.05) is 13.3 Å². The molecule has 0 spiro atoms. The number of rotatable bonds is 6. The summed E-state index contributed by atoms with van der Waals surface area (Å²) in [5.74, 6) is 0.646. The van der Waals surface area contributed by atoms with E-state index in [0.29, 0.717) is 18.1 Å². The Morgan fingerprint density at radius 1 is 1.53 bits per heavy atom. The first-order valence-corrected chi connectivity index (χ1v) is 6.21. The molecule has 3 nitrogen and oxygen atoms in total. The summed E-state index contributed by atoms with van der Waals surface area (Å²) in [6.45, 7) is 7.23. The van der Waals surface area contributed by atoms with Crippen LogP contribution >= 0.6 is 0 Å². The van der Waals surface area contributed by atoms with E-state index in [4.69, 9.17) is 10.5 Å². The van der Waals surface area contributed by atoms with Crippen LogP contribution in [0.25, 0.3) is 0 Å². The van der Waals surface area contributed by atoms with Crippen molar-refractivity contribution < 1.29 is 4.74 Å². The van der Waals surface area contributed by atoms with Gasteiger partial charge in [0.2, 0.25) is 0 Å². The molecule has 0 aromatic heterocycles. The van der Waals surface area contributed by atoms with Crippen LogP contribution in [0.3, 0.4) is 0 Å². The van der Waals surface area contributed by atoms with Gasteiger partial charge in [0, 0.05) is 19.2 Å². The molecule has 0 saturated carbocycles. The number of hydrogen-bond donors (Lipinski definition) is 1. The fourth-order valence-corrected chi connectivity index (χ4v) is 2.53. The Hall–Kier alpha value is -0.120. The molecule has 1 saturated heterocycles. The minimum Gasteiger partial charge on any atom is -0.377 e. The molecule has 3 atom stereocenters. The van der Waals surface area contributed by atoms with Crippen molar-refractivity contribution in [1.82, 2.24) is 4.90 Å². The average molecular weight is 214 g/mol. The molecule has 1 rings (SSSR count). The largest absolute Gasteiger partial charge is 0.377 e. The second kappa shape index (κ2) is 6.46. The van der Waals surface area contributed by atoms with E-state index < -0.39 is 0 Å². The third-order valence-corrected chi connectivity index (χ3v) is 3.48. The topological polar surface area (TPSA) is 38.5 Å². The second-order valence-electron chi connectivity index (χ2n) is 4.76. The van der Waals surface area contributed by atoms with Crippen LogP contribution in [0.4, 0.5) is 0 Å². The van der Waals surface area contributed by atoms with Crippen LogP contribution in [-0.2, 0) is 4.74 Å². The predicted octanol–water partition coefficient (Wildman–Crippen LogP) is 1.47. The van der Waals surface area contributed by atoms with E-state index in [-0.39, 0.29) is 0 Å². The molecule has 0 aromatic carbocycles. The monoisotopic (exact) mass is 214 g/mol. The Morgan fingerprint density at radius 2 is 2.27 bits per heavy atom. The third-order valence-electron chi connectivity index (χ3n) is 3.48. The summed E-state index contributed by atoms with van der Waals surface area (Å²) >= 11 is 0. The van der Waals surface area contributed by atoms with Gasteiger partial charge in [-0.3, -0.25) is 0 Å². The Balaban J connectivity index is 2.35. The number of nitrogens with two attached hydrogens (primary N) is 1. The molecule has 1 aliphatic rings. The zero-order valence-electron chi connectivity index (χ0n) is 10.4. The van der Waals surface area contributed by atoms with Crippen LogP contribution in [0.2, 0.25) is 0 Å². The van der Waals surface area contributed by atoms with E-state index >= 15 is 0 Å². The molecule has 0 aliphatic carbocycles. The molecule has 0 amide bonds. The molecule has 3 heteroatoms. The van der Waals surface area contributed by atoms with Gasteiger partial charge < -0.3 is 15.4 Å². The van der Waals surface area contributed by atoms with Crippen molar-refractivity contribution in [3.63, 3.8) is 0 Å². The number of hydrogen-bond acceptors (Lipinski definition) is 3. The highest BCUT2D eigenvalue weighted by atomic mass is 16.5. The molecule has 90 valence electrons. The van der Waals surface area contributed by atoms with Crippen LogP contribution in [0.1, 0.15) is 33.1 Å². The number of nitrogens with zero attached hydrogens (tertiary/aromatic N) is 1. The number of ether oxygens (including phenoxy) is 1. The van der Waals surface area contributed by atoms with Gasteiger partial charge in [-0.2, -0.15) is 0 Å². The van der Waals surface area contributed by atoms with Crippen molar-refractivity contribution >= 4 is 0 Å². The Labute approximate surface area is 94.0 Å². The predicted molar refractivity (Wildman–Crippen MR) is 63.9 cm³/mol. The van der Waals surface area contributed by atoms with Crippen molar-refractivity contribution in [2.24, 2.45) is 11.7 Å². The van der Waals surface area contributed by atoms with Crippen molar-refractivity contribution in [1.29, 1.82) is 0 Å². The van der Waals surface area contributed by atoms with Crippen molar-refractivity contribution in [2.75, 3.05) is 26.7 Å². The van der Waals surface area contributed by atoms with Gasteiger partial charge in [0.05, 0.1) is 6.10 Å². The molecule has 0 bridgehead atoms. The van der Waals surface area contributed by atoms with E-state index in [1.54, 1.807) is 0 Å². The zero-order valence-corrected chi connectivity index (χ0v) is 10.4. The zero-order chi connectivity index (χ0) is 11.3. The highest BCUT2D eigenvalue weighted by Crippen LogP contribution is 2.19. The van der Waals surface area contributed by atoms with Gasteiger partial charge in [0.15, 0.2) is 0 Å². The highest BCUT2D eigenvalue weighted by Gasteiger charge is 2.28. The summed E-state index contributed by atoms with van der Waals surface area (Å²) in [7, 11) is 2.20. The second-order valence-corrected chi connectivity index (χ2v) is 4.76. The average Bonchev–Trinajstić information content (AvgIpc) is 2.63. The smallest absolute Gasteiger partial charge is 0.0702 e. The lowest BCUT2D eigenvalue weighted by molar-refractivity contribution is 0.0780. The van der Waals surface area contributed by atoms with Gasteiger partial charge in [0.1, 0.15) is 0 Å². The lowest BCUT2D eigenvalue weighted by Gasteiger charge is -2.29. The molecular formula is C12H26N2O. The molecule has 0 radical (unpaired) electrons. The molecule has 1 heterocycles. The lowest BCUT2D eigenvalue weighted by atomic mass is 10.0. The summed E-state index contributed by atoms with van der Waals surface area (Å²) < 4.78 is 5.59. The maximum atomic E-state index is 5.78. The molecule has 0 aromatic rings. The van der Waals surface area contributed by atoms with Crippen LogP contribution in [-0.4, -0.2) is 43.8 Å². The van der Waals surface area contributed by atoms with Crippen LogP contribution < -0.4 is 5.73 Å². The lowest BCUT2D eigenvalue weighted by Crippen LogP contribution is -2.41. The summed E-state index contributed by atoms with van der Waals surface area (Å²) in [4.78, 5) is 2.44. The van der Waals surface area contributed by atoms with Gasteiger partial charge in [-0.05, 0) is 39.3 Å². The van der Waals surface area contributed by atoms with Crippen LogP contribution in [0.5, 0.6) is 0 Å². The van der Waals surface area contributed by atoms with Crippen molar-refractivity contribution in [3.8, 4) is 0 Å². The van der Waals surface area contributed by atoms with E-state index in [0.717, 1.165) is 19.7 Å². The maximum Gasteiger partial charge on any atom is 0.0702 e. The molecule has 1 fully saturated rings. The summed E-state index contributed by atoms with van der Waals surface area (Å²) in [6, 6.07) is 0.593. The first-order valence-electron chi connectivity index (χ1n) is 6.21. The Morgan fingerprint density at radius 3 is 2.73 bits per heavy atom. The first-order chi connectivity index (χ1) is 7.19. The third kappa shape index (κ3) is 3.74. The Bertz CT molecular complexity index is 175. The molecule has 2 N–H and O–H groups in total. The standard InChI is InChI=1S/C12H26N2O/c1-4-5-11(8-13)9-14(3)12-6-7-15-10(12)2/h10-12H,4-9,13H2,1-3H3. The van der Waals surface area contributed by atoms with E-state index in [9.17, 15) is 0 Å². The highest BCUT2D eigenvalue weighted by molar-refractivity contribution is 4.81. The van der Waals surface area contributed by atoms with E-state index in [1.807, 2.05) is 0 Å². The van der Waals surface area contributed by atoms with Gasteiger partial charge in [0.25, 0.3) is 0 Å². The fourth-order valence-electron chi connectivity index (χ4n) is 2.53. The number of likely N-dealkylation sites (N-methyl/N-ethyl adjacent to an activating group) is 1. The van der Waals surface area contributed by atoms with E-state index in [1.165, 1.54) is 19.3 Å². The van der Waals surface area contributed by atoms with Crippen molar-refractivity contribution in [2.45, 2.75) is 45.3 Å². The fraction of sp³-hybridized carbons (Fsp3) is 1.00. The SMILES string of the molecule is CCCC(CN)CN(C)C1CCOC1C. The van der Waals surface area contributed by atoms with Gasteiger partial charge >= 0.3 is 0 Å². The van der Waals surface area contributed by atoms with Gasteiger partial charge in [-0.25, -0.2) is 0 Å². The van der Waals surface area contributed by atoms with E-state index in [2.05, 4.69) is 25.8 Å². The molecular weight excluding hydrogens is 188 g/mol. The van der Waals surface area contributed by atoms with Crippen LogP contribution in [0.15, 0.2) is 0 Å². The molecule has 1 aliphatic heterocycles. The maximum absolute atomic E-state index is 5.78. The summed E-state index contributed by atoms with van der Waals surface area (Å²) in [5, 5.41) is 0. The summed E-state index contributed by atoms with van der Waals surface area (Å²) in [6.07, 6.45) is 4.02. The minimum atomic E-state index is 0.384. The van der Waals surface area contributed by atoms with Gasteiger partial charge in [-0.15, -0.1) is 0 Å². The quantitative estimate of drug-likeness (QED) is 0.727. The van der Waals surface area contributed by atoms with Crippen LogP contribution in [0, 0.1) is 5.92 Å². The Kier molecular flexibility index (Phi) is 5.58.